The molecule has 0 heterocycles. The summed E-state index contributed by atoms with van der Waals surface area (Å²) in [7, 11) is 0. The van der Waals surface area contributed by atoms with Gasteiger partial charge in [-0.05, 0) is 30.5 Å². The van der Waals surface area contributed by atoms with Crippen molar-refractivity contribution in [1.82, 2.24) is 5.32 Å². The number of amides is 2. The number of hydrogen-bond acceptors (Lipinski definition) is 4. The van der Waals surface area contributed by atoms with Crippen LogP contribution in [0.15, 0.2) is 54.6 Å². The summed E-state index contributed by atoms with van der Waals surface area (Å²) in [5.74, 6) is -1.16. The number of nitrogens with one attached hydrogen (secondary N) is 2. The van der Waals surface area contributed by atoms with E-state index in [9.17, 15) is 14.4 Å². The number of benzene rings is 2. The Morgan fingerprint density at radius 3 is 2.34 bits per heavy atom. The van der Waals surface area contributed by atoms with E-state index in [1.165, 1.54) is 0 Å². The maximum Gasteiger partial charge on any atom is 0.309 e. The van der Waals surface area contributed by atoms with Crippen molar-refractivity contribution in [1.29, 1.82) is 0 Å². The Labute approximate surface area is 170 Å². The molecule has 6 nitrogen and oxygen atoms in total. The number of ether oxygens (including phenoxy) is 1. The molecule has 2 amide bonds. The second-order valence-corrected chi connectivity index (χ2v) is 7.20. The first-order valence-corrected chi connectivity index (χ1v) is 10.0. The molecule has 2 N–H and O–H groups in total. The topological polar surface area (TPSA) is 84.5 Å². The number of carbonyl (C=O) groups is 3. The molecule has 29 heavy (non-hydrogen) atoms. The predicted molar refractivity (Wildman–Crippen MR) is 110 cm³/mol. The first-order valence-electron chi connectivity index (χ1n) is 10.0. The molecule has 0 spiro atoms. The molecule has 0 unspecified atom stereocenters. The third kappa shape index (κ3) is 6.17. The number of rotatable bonds is 7. The SMILES string of the molecule is O=C(COC(=O)C1CCCCC1)Nc1ccccc1C(=O)NCc1ccccc1. The highest BCUT2D eigenvalue weighted by Gasteiger charge is 2.23. The quantitative estimate of drug-likeness (QED) is 0.702. The van der Waals surface area contributed by atoms with E-state index < -0.39 is 5.91 Å². The van der Waals surface area contributed by atoms with Gasteiger partial charge in [0.05, 0.1) is 17.2 Å². The monoisotopic (exact) mass is 394 g/mol. The van der Waals surface area contributed by atoms with Gasteiger partial charge in [-0.25, -0.2) is 0 Å². The summed E-state index contributed by atoms with van der Waals surface area (Å²) in [6, 6.07) is 16.3. The third-order valence-electron chi connectivity index (χ3n) is 5.03. The zero-order valence-corrected chi connectivity index (χ0v) is 16.4. The Kier molecular flexibility index (Phi) is 7.39. The van der Waals surface area contributed by atoms with Crippen molar-refractivity contribution in [2.45, 2.75) is 38.6 Å². The Balaban J connectivity index is 1.53. The molecule has 1 aliphatic carbocycles. The van der Waals surface area contributed by atoms with E-state index in [-0.39, 0.29) is 24.4 Å². The van der Waals surface area contributed by atoms with Gasteiger partial charge in [0.25, 0.3) is 11.8 Å². The fraction of sp³-hybridized carbons (Fsp3) is 0.348. The van der Waals surface area contributed by atoms with E-state index in [1.54, 1.807) is 24.3 Å². The van der Waals surface area contributed by atoms with Gasteiger partial charge >= 0.3 is 5.97 Å². The van der Waals surface area contributed by atoms with Crippen molar-refractivity contribution in [3.05, 3.63) is 65.7 Å². The van der Waals surface area contributed by atoms with Crippen molar-refractivity contribution in [2.75, 3.05) is 11.9 Å². The highest BCUT2D eigenvalue weighted by Crippen LogP contribution is 2.24. The van der Waals surface area contributed by atoms with Crippen LogP contribution < -0.4 is 10.6 Å². The van der Waals surface area contributed by atoms with E-state index >= 15 is 0 Å². The van der Waals surface area contributed by atoms with Crippen molar-refractivity contribution in [3.63, 3.8) is 0 Å². The van der Waals surface area contributed by atoms with Crippen molar-refractivity contribution in [2.24, 2.45) is 5.92 Å². The van der Waals surface area contributed by atoms with Crippen LogP contribution in [-0.4, -0.2) is 24.4 Å². The number of hydrogen-bond donors (Lipinski definition) is 2. The molecule has 1 saturated carbocycles. The summed E-state index contributed by atoms with van der Waals surface area (Å²) < 4.78 is 5.17. The molecule has 0 radical (unpaired) electrons. The van der Waals surface area contributed by atoms with Crippen molar-refractivity contribution < 1.29 is 19.1 Å². The smallest absolute Gasteiger partial charge is 0.309 e. The highest BCUT2D eigenvalue weighted by atomic mass is 16.5. The number of para-hydroxylation sites is 1. The Bertz CT molecular complexity index is 845. The summed E-state index contributed by atoms with van der Waals surface area (Å²) in [4.78, 5) is 36.9. The maximum absolute atomic E-state index is 12.5. The van der Waals surface area contributed by atoms with Gasteiger partial charge in [-0.3, -0.25) is 14.4 Å². The van der Waals surface area contributed by atoms with Crippen LogP contribution in [0.25, 0.3) is 0 Å². The lowest BCUT2D eigenvalue weighted by Gasteiger charge is -2.19. The molecule has 3 rings (SSSR count). The second-order valence-electron chi connectivity index (χ2n) is 7.20. The number of carbonyl (C=O) groups excluding carboxylic acids is 3. The lowest BCUT2D eigenvalue weighted by atomic mass is 9.89. The molecule has 6 heteroatoms. The minimum Gasteiger partial charge on any atom is -0.455 e. The fourth-order valence-electron chi connectivity index (χ4n) is 3.44. The van der Waals surface area contributed by atoms with Crippen LogP contribution in [0.1, 0.15) is 48.0 Å². The molecule has 2 aromatic carbocycles. The molecule has 152 valence electrons. The van der Waals surface area contributed by atoms with Crippen LogP contribution in [-0.2, 0) is 20.9 Å². The molecule has 0 aliphatic heterocycles. The minimum absolute atomic E-state index is 0.104. The lowest BCUT2D eigenvalue weighted by molar-refractivity contribution is -0.152. The molecule has 0 saturated heterocycles. The van der Waals surface area contributed by atoms with Gasteiger partial charge in [0, 0.05) is 6.54 Å². The maximum atomic E-state index is 12.5. The molecular formula is C23H26N2O4. The molecule has 1 aliphatic rings. The normalized spacial score (nSPS) is 14.1. The average Bonchev–Trinajstić information content (AvgIpc) is 2.77. The Morgan fingerprint density at radius 2 is 1.59 bits per heavy atom. The minimum atomic E-state index is -0.461. The summed E-state index contributed by atoms with van der Waals surface area (Å²) in [5.41, 5.74) is 1.73. The van der Waals surface area contributed by atoms with Crippen LogP contribution in [0.4, 0.5) is 5.69 Å². The van der Waals surface area contributed by atoms with Crippen LogP contribution in [0.3, 0.4) is 0 Å². The van der Waals surface area contributed by atoms with E-state index in [4.69, 9.17) is 4.74 Å². The molecule has 1 fully saturated rings. The zero-order valence-electron chi connectivity index (χ0n) is 16.4. The molecule has 2 aromatic rings. The standard InChI is InChI=1S/C23H26N2O4/c26-21(16-29-23(28)18-11-5-2-6-12-18)25-20-14-8-7-13-19(20)22(27)24-15-17-9-3-1-4-10-17/h1,3-4,7-10,13-14,18H,2,5-6,11-12,15-16H2,(H,24,27)(H,25,26). The van der Waals surface area contributed by atoms with Crippen LogP contribution in [0.5, 0.6) is 0 Å². The van der Waals surface area contributed by atoms with Crippen LogP contribution in [0, 0.1) is 5.92 Å². The van der Waals surface area contributed by atoms with E-state index in [0.717, 1.165) is 37.7 Å². The fourth-order valence-corrected chi connectivity index (χ4v) is 3.44. The van der Waals surface area contributed by atoms with E-state index in [1.807, 2.05) is 30.3 Å². The van der Waals surface area contributed by atoms with Gasteiger partial charge in [-0.15, -0.1) is 0 Å². The first kappa shape index (κ1) is 20.6. The van der Waals surface area contributed by atoms with Crippen molar-refractivity contribution >= 4 is 23.5 Å². The second kappa shape index (κ2) is 10.4. The van der Waals surface area contributed by atoms with Gasteiger partial charge in [0.15, 0.2) is 6.61 Å². The predicted octanol–water partition coefficient (Wildman–Crippen LogP) is 3.68. The van der Waals surface area contributed by atoms with Gasteiger partial charge in [-0.1, -0.05) is 61.7 Å². The zero-order chi connectivity index (χ0) is 20.5. The summed E-state index contributed by atoms with van der Waals surface area (Å²) in [6.45, 7) is 0.0380. The summed E-state index contributed by atoms with van der Waals surface area (Å²) in [6.07, 6.45) is 4.85. The highest BCUT2D eigenvalue weighted by molar-refractivity contribution is 6.04. The number of esters is 1. The molecular weight excluding hydrogens is 368 g/mol. The summed E-state index contributed by atoms with van der Waals surface area (Å²) >= 11 is 0. The average molecular weight is 394 g/mol. The third-order valence-corrected chi connectivity index (χ3v) is 5.03. The van der Waals surface area contributed by atoms with E-state index in [0.29, 0.717) is 17.8 Å². The van der Waals surface area contributed by atoms with Crippen LogP contribution in [0.2, 0.25) is 0 Å². The molecule has 0 atom stereocenters. The molecule has 0 bridgehead atoms. The van der Waals surface area contributed by atoms with Crippen molar-refractivity contribution in [3.8, 4) is 0 Å². The lowest BCUT2D eigenvalue weighted by Crippen LogP contribution is -2.28. The number of anilines is 1. The Hall–Kier alpha value is -3.15. The Morgan fingerprint density at radius 1 is 0.897 bits per heavy atom. The van der Waals surface area contributed by atoms with Gasteiger partial charge in [0.2, 0.25) is 0 Å². The first-order chi connectivity index (χ1) is 14.1. The van der Waals surface area contributed by atoms with E-state index in [2.05, 4.69) is 10.6 Å². The molecule has 0 aromatic heterocycles. The largest absolute Gasteiger partial charge is 0.455 e. The van der Waals surface area contributed by atoms with Gasteiger partial charge < -0.3 is 15.4 Å². The summed E-state index contributed by atoms with van der Waals surface area (Å²) in [5, 5.41) is 5.52. The van der Waals surface area contributed by atoms with Gasteiger partial charge in [0.1, 0.15) is 0 Å². The van der Waals surface area contributed by atoms with Crippen LogP contribution >= 0.6 is 0 Å². The van der Waals surface area contributed by atoms with Gasteiger partial charge in [-0.2, -0.15) is 0 Å².